The van der Waals surface area contributed by atoms with E-state index in [2.05, 4.69) is 4.98 Å². The topological polar surface area (TPSA) is 47.4 Å². The van der Waals surface area contributed by atoms with E-state index >= 15 is 0 Å². The summed E-state index contributed by atoms with van der Waals surface area (Å²) in [5, 5.41) is -0.0315. The zero-order chi connectivity index (χ0) is 18.1. The molecule has 0 spiro atoms. The molecule has 0 aliphatic carbocycles. The van der Waals surface area contributed by atoms with Crippen LogP contribution in [0.1, 0.15) is 25.8 Å². The predicted molar refractivity (Wildman–Crippen MR) is 103 cm³/mol. The summed E-state index contributed by atoms with van der Waals surface area (Å²) in [6.45, 7) is 6.81. The minimum absolute atomic E-state index is 0.0315. The highest BCUT2D eigenvalue weighted by Crippen LogP contribution is 2.16. The normalized spacial score (nSPS) is 12.0. The Morgan fingerprint density at radius 3 is 2.72 bits per heavy atom. The van der Waals surface area contributed by atoms with E-state index in [-0.39, 0.29) is 11.2 Å². The molecular weight excluding hydrogens is 334 g/mol. The molecule has 0 saturated carbocycles. The SMILES string of the molecule is CCOc1ccc(CN(CCCn2ccnc2)C(=O)[C@H](C)SC)cc1. The highest BCUT2D eigenvalue weighted by atomic mass is 32.2. The molecule has 2 rings (SSSR count). The maximum atomic E-state index is 12.7. The van der Waals surface area contributed by atoms with Crippen molar-refractivity contribution in [3.63, 3.8) is 0 Å². The Morgan fingerprint density at radius 2 is 2.12 bits per heavy atom. The van der Waals surface area contributed by atoms with E-state index in [4.69, 9.17) is 4.74 Å². The largest absolute Gasteiger partial charge is 0.494 e. The summed E-state index contributed by atoms with van der Waals surface area (Å²) in [5.74, 6) is 1.05. The average molecular weight is 362 g/mol. The molecule has 0 aliphatic rings. The highest BCUT2D eigenvalue weighted by molar-refractivity contribution is 7.99. The molecule has 0 bridgehead atoms. The fourth-order valence-electron chi connectivity index (χ4n) is 2.57. The maximum absolute atomic E-state index is 12.7. The lowest BCUT2D eigenvalue weighted by Crippen LogP contribution is -2.37. The number of imidazole rings is 1. The second-order valence-electron chi connectivity index (χ2n) is 5.87. The molecule has 0 fully saturated rings. The lowest BCUT2D eigenvalue weighted by molar-refractivity contribution is -0.131. The summed E-state index contributed by atoms with van der Waals surface area (Å²) in [6.07, 6.45) is 8.41. The Labute approximate surface area is 154 Å². The Morgan fingerprint density at radius 1 is 1.36 bits per heavy atom. The van der Waals surface area contributed by atoms with Gasteiger partial charge in [0.2, 0.25) is 5.91 Å². The third-order valence-corrected chi connectivity index (χ3v) is 4.93. The first-order chi connectivity index (χ1) is 12.1. The van der Waals surface area contributed by atoms with Gasteiger partial charge in [0.05, 0.1) is 18.2 Å². The standard InChI is InChI=1S/C19H27N3O2S/c1-4-24-18-8-6-17(7-9-18)14-22(19(23)16(2)25-3)12-5-11-21-13-10-20-15-21/h6-10,13,15-16H,4-5,11-12,14H2,1-3H3/t16-/m0/s1. The third kappa shape index (κ3) is 6.12. The number of carbonyl (C=O) groups is 1. The van der Waals surface area contributed by atoms with E-state index in [9.17, 15) is 4.79 Å². The number of hydrogen-bond acceptors (Lipinski definition) is 4. The summed E-state index contributed by atoms with van der Waals surface area (Å²) in [6, 6.07) is 7.99. The Hall–Kier alpha value is -1.95. The number of aromatic nitrogens is 2. The third-order valence-electron chi connectivity index (χ3n) is 4.02. The first-order valence-electron chi connectivity index (χ1n) is 8.63. The van der Waals surface area contributed by atoms with Crippen molar-refractivity contribution in [2.75, 3.05) is 19.4 Å². The maximum Gasteiger partial charge on any atom is 0.235 e. The fraction of sp³-hybridized carbons (Fsp3) is 0.474. The molecule has 0 aliphatic heterocycles. The van der Waals surface area contributed by atoms with Gasteiger partial charge in [0.1, 0.15) is 5.75 Å². The van der Waals surface area contributed by atoms with Gasteiger partial charge in [0.15, 0.2) is 0 Å². The number of rotatable bonds is 10. The van der Waals surface area contributed by atoms with E-state index in [1.807, 2.05) is 66.4 Å². The van der Waals surface area contributed by atoms with Crippen LogP contribution in [0, 0.1) is 0 Å². The number of benzene rings is 1. The molecule has 0 N–H and O–H groups in total. The van der Waals surface area contributed by atoms with Crippen LogP contribution in [0.15, 0.2) is 43.0 Å². The zero-order valence-corrected chi connectivity index (χ0v) is 16.0. The van der Waals surface area contributed by atoms with Crippen molar-refractivity contribution in [3.8, 4) is 5.75 Å². The summed E-state index contributed by atoms with van der Waals surface area (Å²) >= 11 is 1.59. The number of nitrogens with zero attached hydrogens (tertiary/aromatic N) is 3. The van der Waals surface area contributed by atoms with Crippen LogP contribution in [0.2, 0.25) is 0 Å². The van der Waals surface area contributed by atoms with Crippen molar-refractivity contribution < 1.29 is 9.53 Å². The molecule has 6 heteroatoms. The van der Waals surface area contributed by atoms with E-state index < -0.39 is 0 Å². The van der Waals surface area contributed by atoms with Gasteiger partial charge in [-0.05, 0) is 44.2 Å². The first-order valence-corrected chi connectivity index (χ1v) is 9.92. The van der Waals surface area contributed by atoms with Crippen molar-refractivity contribution in [1.29, 1.82) is 0 Å². The molecule has 1 atom stereocenters. The van der Waals surface area contributed by atoms with E-state index in [1.54, 1.807) is 18.0 Å². The van der Waals surface area contributed by atoms with Crippen LogP contribution < -0.4 is 4.74 Å². The van der Waals surface area contributed by atoms with Crippen LogP contribution in [0.3, 0.4) is 0 Å². The van der Waals surface area contributed by atoms with Gasteiger partial charge < -0.3 is 14.2 Å². The highest BCUT2D eigenvalue weighted by Gasteiger charge is 2.19. The second-order valence-corrected chi connectivity index (χ2v) is 7.05. The Bertz CT molecular complexity index is 629. The molecule has 5 nitrogen and oxygen atoms in total. The summed E-state index contributed by atoms with van der Waals surface area (Å²) < 4.78 is 7.52. The second kappa shape index (κ2) is 10.1. The van der Waals surface area contributed by atoms with Crippen LogP contribution in [0.25, 0.3) is 0 Å². The molecule has 0 radical (unpaired) electrons. The zero-order valence-electron chi connectivity index (χ0n) is 15.2. The Kier molecular flexibility index (Phi) is 7.85. The van der Waals surface area contributed by atoms with Crippen molar-refractivity contribution >= 4 is 17.7 Å². The Balaban J connectivity index is 1.98. The molecule has 1 aromatic heterocycles. The van der Waals surface area contributed by atoms with Gasteiger partial charge >= 0.3 is 0 Å². The minimum Gasteiger partial charge on any atom is -0.494 e. The monoisotopic (exact) mass is 361 g/mol. The molecule has 1 amide bonds. The van der Waals surface area contributed by atoms with Gasteiger partial charge in [0.25, 0.3) is 0 Å². The number of carbonyl (C=O) groups excluding carboxylic acids is 1. The average Bonchev–Trinajstić information content (AvgIpc) is 3.15. The summed E-state index contributed by atoms with van der Waals surface area (Å²) in [7, 11) is 0. The number of hydrogen-bond donors (Lipinski definition) is 0. The molecule has 2 aromatic rings. The predicted octanol–water partition coefficient (Wildman–Crippen LogP) is 3.45. The van der Waals surface area contributed by atoms with Gasteiger partial charge in [-0.15, -0.1) is 0 Å². The molecule has 1 aromatic carbocycles. The van der Waals surface area contributed by atoms with Crippen LogP contribution in [-0.2, 0) is 17.9 Å². The van der Waals surface area contributed by atoms with Crippen molar-refractivity contribution in [3.05, 3.63) is 48.5 Å². The van der Waals surface area contributed by atoms with Crippen molar-refractivity contribution in [2.24, 2.45) is 0 Å². The van der Waals surface area contributed by atoms with Crippen LogP contribution in [0.4, 0.5) is 0 Å². The van der Waals surface area contributed by atoms with Crippen LogP contribution >= 0.6 is 11.8 Å². The van der Waals surface area contributed by atoms with Crippen molar-refractivity contribution in [2.45, 2.75) is 38.6 Å². The van der Waals surface area contributed by atoms with Gasteiger partial charge in [-0.2, -0.15) is 11.8 Å². The van der Waals surface area contributed by atoms with E-state index in [1.165, 1.54) is 0 Å². The van der Waals surface area contributed by atoms with Gasteiger partial charge in [-0.3, -0.25) is 4.79 Å². The minimum atomic E-state index is -0.0315. The van der Waals surface area contributed by atoms with E-state index in [0.29, 0.717) is 13.2 Å². The van der Waals surface area contributed by atoms with Crippen LogP contribution in [-0.4, -0.2) is 45.0 Å². The summed E-state index contributed by atoms with van der Waals surface area (Å²) in [4.78, 5) is 18.7. The lowest BCUT2D eigenvalue weighted by Gasteiger charge is -2.25. The number of thioether (sulfide) groups is 1. The number of aryl methyl sites for hydroxylation is 1. The summed E-state index contributed by atoms with van der Waals surface area (Å²) in [5.41, 5.74) is 1.12. The van der Waals surface area contributed by atoms with Gasteiger partial charge in [0, 0.05) is 32.0 Å². The molecule has 0 unspecified atom stereocenters. The molecule has 136 valence electrons. The van der Waals surface area contributed by atoms with E-state index in [0.717, 1.165) is 30.8 Å². The smallest absolute Gasteiger partial charge is 0.235 e. The molecule has 0 saturated heterocycles. The number of ether oxygens (including phenoxy) is 1. The number of amides is 1. The molecule has 1 heterocycles. The van der Waals surface area contributed by atoms with Crippen LogP contribution in [0.5, 0.6) is 5.75 Å². The molecular formula is C19H27N3O2S. The lowest BCUT2D eigenvalue weighted by atomic mass is 10.2. The molecule has 25 heavy (non-hydrogen) atoms. The van der Waals surface area contributed by atoms with Crippen molar-refractivity contribution in [1.82, 2.24) is 14.5 Å². The quantitative estimate of drug-likeness (QED) is 0.650. The van der Waals surface area contributed by atoms with Gasteiger partial charge in [-0.25, -0.2) is 4.98 Å². The fourth-order valence-corrected chi connectivity index (χ4v) is 2.92. The van der Waals surface area contributed by atoms with Gasteiger partial charge in [-0.1, -0.05) is 12.1 Å². The first kappa shape index (κ1) is 19.4.